The van der Waals surface area contributed by atoms with Gasteiger partial charge in [0.05, 0.1) is 5.02 Å². The molecule has 0 radical (unpaired) electrons. The van der Waals surface area contributed by atoms with Crippen LogP contribution in [0.5, 0.6) is 0 Å². The highest BCUT2D eigenvalue weighted by atomic mass is 35.5. The zero-order chi connectivity index (χ0) is 12.3. The molecule has 17 heavy (non-hydrogen) atoms. The number of nitrogens with zero attached hydrogens (tertiary/aromatic N) is 2. The number of halogens is 2. The summed E-state index contributed by atoms with van der Waals surface area (Å²) in [6.45, 7) is 0. The predicted molar refractivity (Wildman–Crippen MR) is 73.7 cm³/mol. The van der Waals surface area contributed by atoms with Crippen molar-refractivity contribution in [2.75, 3.05) is 5.43 Å². The first-order valence-corrected chi connectivity index (χ1v) is 7.08. The molecule has 0 aliphatic heterocycles. The number of nitrogen functional groups attached to an aromatic ring is 1. The van der Waals surface area contributed by atoms with E-state index in [1.807, 2.05) is 6.07 Å². The molecule has 0 saturated heterocycles. The molecular formula is C9H8Cl2N4S2. The fourth-order valence-electron chi connectivity index (χ4n) is 1.15. The number of rotatable bonds is 4. The molecule has 0 aliphatic rings. The molecule has 2 rings (SSSR count). The predicted octanol–water partition coefficient (Wildman–Crippen LogP) is 3.42. The van der Waals surface area contributed by atoms with Crippen LogP contribution in [0.2, 0.25) is 10.0 Å². The zero-order valence-electron chi connectivity index (χ0n) is 8.48. The Morgan fingerprint density at radius 1 is 1.41 bits per heavy atom. The minimum absolute atomic E-state index is 0.635. The van der Waals surface area contributed by atoms with Crippen molar-refractivity contribution < 1.29 is 0 Å². The van der Waals surface area contributed by atoms with Gasteiger partial charge in [0.15, 0.2) is 0 Å². The molecule has 0 bridgehead atoms. The summed E-state index contributed by atoms with van der Waals surface area (Å²) in [5.74, 6) is 5.98. The van der Waals surface area contributed by atoms with Gasteiger partial charge in [-0.15, -0.1) is 16.9 Å². The first kappa shape index (κ1) is 12.9. The highest BCUT2D eigenvalue weighted by molar-refractivity contribution is 7.98. The summed E-state index contributed by atoms with van der Waals surface area (Å²) in [6.07, 6.45) is 0. The SMILES string of the molecule is NNc1snnc1CSc1cc(Cl)ccc1Cl. The molecule has 2 aromatic rings. The van der Waals surface area contributed by atoms with Gasteiger partial charge in [0, 0.05) is 27.2 Å². The van der Waals surface area contributed by atoms with Crippen LogP contribution in [0.4, 0.5) is 5.00 Å². The molecular weight excluding hydrogens is 299 g/mol. The van der Waals surface area contributed by atoms with Gasteiger partial charge in [-0.1, -0.05) is 27.7 Å². The first-order chi connectivity index (χ1) is 8.20. The number of hydrogen-bond acceptors (Lipinski definition) is 6. The van der Waals surface area contributed by atoms with Crippen LogP contribution in [0.1, 0.15) is 5.69 Å². The van der Waals surface area contributed by atoms with E-state index in [-0.39, 0.29) is 0 Å². The standard InChI is InChI=1S/C9H8Cl2N4S2/c10-5-1-2-6(11)8(3-5)16-4-7-9(13-12)17-15-14-7/h1-3,13H,4,12H2. The monoisotopic (exact) mass is 306 g/mol. The van der Waals surface area contributed by atoms with Gasteiger partial charge in [0.2, 0.25) is 0 Å². The number of thioether (sulfide) groups is 1. The Hall–Kier alpha value is -0.530. The van der Waals surface area contributed by atoms with Crippen molar-refractivity contribution >= 4 is 51.5 Å². The van der Waals surface area contributed by atoms with E-state index in [1.54, 1.807) is 23.9 Å². The topological polar surface area (TPSA) is 63.8 Å². The summed E-state index contributed by atoms with van der Waals surface area (Å²) >= 11 is 14.7. The largest absolute Gasteiger partial charge is 0.313 e. The highest BCUT2D eigenvalue weighted by Crippen LogP contribution is 2.33. The molecule has 0 amide bonds. The van der Waals surface area contributed by atoms with Crippen molar-refractivity contribution in [3.8, 4) is 0 Å². The second kappa shape index (κ2) is 5.88. The average molecular weight is 307 g/mol. The van der Waals surface area contributed by atoms with Gasteiger partial charge in [-0.2, -0.15) is 0 Å². The number of nitrogens with two attached hydrogens (primary N) is 1. The maximum Gasteiger partial charge on any atom is 0.148 e. The molecule has 0 unspecified atom stereocenters. The van der Waals surface area contributed by atoms with Crippen molar-refractivity contribution in [1.82, 2.24) is 9.59 Å². The summed E-state index contributed by atoms with van der Waals surface area (Å²) in [5, 5.41) is 6.07. The summed E-state index contributed by atoms with van der Waals surface area (Å²) in [4.78, 5) is 0.912. The Morgan fingerprint density at radius 3 is 3.00 bits per heavy atom. The zero-order valence-corrected chi connectivity index (χ0v) is 11.6. The number of anilines is 1. The molecule has 0 spiro atoms. The van der Waals surface area contributed by atoms with E-state index in [4.69, 9.17) is 29.0 Å². The summed E-state index contributed by atoms with van der Waals surface area (Å²) in [7, 11) is 0. The fraction of sp³-hybridized carbons (Fsp3) is 0.111. The number of nitrogens with one attached hydrogen (secondary N) is 1. The fourth-order valence-corrected chi connectivity index (χ4v) is 3.16. The Labute approximate surface area is 117 Å². The van der Waals surface area contributed by atoms with E-state index >= 15 is 0 Å². The maximum absolute atomic E-state index is 6.06. The quantitative estimate of drug-likeness (QED) is 0.515. The minimum Gasteiger partial charge on any atom is -0.313 e. The van der Waals surface area contributed by atoms with E-state index in [2.05, 4.69) is 15.0 Å². The van der Waals surface area contributed by atoms with Gasteiger partial charge in [0.1, 0.15) is 10.7 Å². The molecule has 1 aromatic heterocycles. The Morgan fingerprint density at radius 2 is 2.24 bits per heavy atom. The minimum atomic E-state index is 0.635. The van der Waals surface area contributed by atoms with Crippen molar-refractivity contribution in [2.24, 2.45) is 5.84 Å². The van der Waals surface area contributed by atoms with Crippen LogP contribution in [0, 0.1) is 0 Å². The van der Waals surface area contributed by atoms with E-state index < -0.39 is 0 Å². The van der Waals surface area contributed by atoms with Gasteiger partial charge in [0.25, 0.3) is 0 Å². The van der Waals surface area contributed by atoms with Crippen molar-refractivity contribution in [3.63, 3.8) is 0 Å². The van der Waals surface area contributed by atoms with Gasteiger partial charge >= 0.3 is 0 Å². The van der Waals surface area contributed by atoms with Crippen LogP contribution in [-0.2, 0) is 5.75 Å². The molecule has 1 aromatic carbocycles. The van der Waals surface area contributed by atoms with E-state index in [0.29, 0.717) is 15.8 Å². The van der Waals surface area contributed by atoms with Crippen molar-refractivity contribution in [3.05, 3.63) is 33.9 Å². The maximum atomic E-state index is 6.06. The molecule has 4 nitrogen and oxygen atoms in total. The van der Waals surface area contributed by atoms with Crippen LogP contribution in [0.15, 0.2) is 23.1 Å². The molecule has 8 heteroatoms. The number of hydrazine groups is 1. The van der Waals surface area contributed by atoms with E-state index in [1.165, 1.54) is 11.5 Å². The molecule has 0 fully saturated rings. The third kappa shape index (κ3) is 3.23. The summed E-state index contributed by atoms with van der Waals surface area (Å²) in [6, 6.07) is 5.35. The highest BCUT2D eigenvalue weighted by Gasteiger charge is 2.09. The second-order valence-corrected chi connectivity index (χ2v) is 5.67. The van der Waals surface area contributed by atoms with Gasteiger partial charge in [-0.3, -0.25) is 0 Å². The second-order valence-electron chi connectivity index (χ2n) is 3.06. The van der Waals surface area contributed by atoms with Gasteiger partial charge < -0.3 is 5.43 Å². The molecule has 3 N–H and O–H groups in total. The van der Waals surface area contributed by atoms with Crippen LogP contribution in [0.25, 0.3) is 0 Å². The smallest absolute Gasteiger partial charge is 0.148 e. The van der Waals surface area contributed by atoms with Gasteiger partial charge in [-0.25, -0.2) is 5.84 Å². The number of benzene rings is 1. The third-order valence-electron chi connectivity index (χ3n) is 1.94. The molecule has 90 valence electrons. The average Bonchev–Trinajstić information content (AvgIpc) is 2.77. The summed E-state index contributed by atoms with van der Waals surface area (Å²) < 4.78 is 3.82. The Bertz CT molecular complexity index is 517. The lowest BCUT2D eigenvalue weighted by atomic mass is 10.4. The van der Waals surface area contributed by atoms with E-state index in [9.17, 15) is 0 Å². The van der Waals surface area contributed by atoms with Crippen LogP contribution >= 0.6 is 46.5 Å². The van der Waals surface area contributed by atoms with Crippen LogP contribution < -0.4 is 11.3 Å². The number of aromatic nitrogens is 2. The Balaban J connectivity index is 2.09. The van der Waals surface area contributed by atoms with E-state index in [0.717, 1.165) is 15.6 Å². The first-order valence-electron chi connectivity index (χ1n) is 4.56. The molecule has 1 heterocycles. The molecule has 0 aliphatic carbocycles. The summed E-state index contributed by atoms with van der Waals surface area (Å²) in [5.41, 5.74) is 3.36. The van der Waals surface area contributed by atoms with Crippen LogP contribution in [-0.4, -0.2) is 9.59 Å². The van der Waals surface area contributed by atoms with Gasteiger partial charge in [-0.05, 0) is 18.2 Å². The Kier molecular flexibility index (Phi) is 4.47. The van der Waals surface area contributed by atoms with Crippen LogP contribution in [0.3, 0.4) is 0 Å². The molecule has 0 atom stereocenters. The number of hydrogen-bond donors (Lipinski definition) is 2. The third-order valence-corrected chi connectivity index (χ3v) is 4.39. The lowest BCUT2D eigenvalue weighted by Crippen LogP contribution is -2.06. The van der Waals surface area contributed by atoms with Crippen molar-refractivity contribution in [1.29, 1.82) is 0 Å². The van der Waals surface area contributed by atoms with Crippen molar-refractivity contribution in [2.45, 2.75) is 10.6 Å². The lowest BCUT2D eigenvalue weighted by molar-refractivity contribution is 1.07. The molecule has 0 saturated carbocycles. The normalized spacial score (nSPS) is 10.5. The lowest BCUT2D eigenvalue weighted by Gasteiger charge is -2.04.